The van der Waals surface area contributed by atoms with Gasteiger partial charge in [-0.05, 0) is 30.3 Å². The van der Waals surface area contributed by atoms with Gasteiger partial charge in [-0.25, -0.2) is 4.79 Å². The zero-order valence-corrected chi connectivity index (χ0v) is 11.4. The normalized spacial score (nSPS) is 10.5. The Bertz CT molecular complexity index is 814. The van der Waals surface area contributed by atoms with Crippen molar-refractivity contribution in [1.29, 1.82) is 0 Å². The number of hydrogen-bond acceptors (Lipinski definition) is 4. The molecule has 0 spiro atoms. The smallest absolute Gasteiger partial charge is 0.335 e. The maximum absolute atomic E-state index is 11.0. The number of halogens is 1. The van der Waals surface area contributed by atoms with Crippen molar-refractivity contribution in [3.8, 4) is 22.9 Å². The van der Waals surface area contributed by atoms with Crippen LogP contribution in [0.1, 0.15) is 10.4 Å². The summed E-state index contributed by atoms with van der Waals surface area (Å²) in [5.41, 5.74) is 1.33. The van der Waals surface area contributed by atoms with Gasteiger partial charge >= 0.3 is 5.97 Å². The standard InChI is InChI=1S/C15H9ClN2O3/c16-12-7-2-1-6-11(12)14-18-17-13(21-14)9-4-3-5-10(8-9)15(19)20/h1-8H,(H,19,20). The monoisotopic (exact) mass is 300 g/mol. The first kappa shape index (κ1) is 13.3. The molecule has 104 valence electrons. The minimum atomic E-state index is -1.01. The summed E-state index contributed by atoms with van der Waals surface area (Å²) >= 11 is 6.08. The van der Waals surface area contributed by atoms with Crippen molar-refractivity contribution in [2.45, 2.75) is 0 Å². The van der Waals surface area contributed by atoms with Gasteiger partial charge in [-0.3, -0.25) is 0 Å². The number of aromatic nitrogens is 2. The zero-order chi connectivity index (χ0) is 14.8. The molecule has 3 rings (SSSR count). The summed E-state index contributed by atoms with van der Waals surface area (Å²) in [4.78, 5) is 11.0. The second kappa shape index (κ2) is 5.38. The number of carboxylic acid groups (broad SMARTS) is 1. The molecule has 0 bridgehead atoms. The van der Waals surface area contributed by atoms with Gasteiger partial charge in [-0.15, -0.1) is 10.2 Å². The molecule has 0 fully saturated rings. The van der Waals surface area contributed by atoms with Crippen LogP contribution >= 0.6 is 11.6 Å². The zero-order valence-electron chi connectivity index (χ0n) is 10.7. The Morgan fingerprint density at radius 1 is 1.05 bits per heavy atom. The third-order valence-corrected chi connectivity index (χ3v) is 3.22. The minimum Gasteiger partial charge on any atom is -0.478 e. The highest BCUT2D eigenvalue weighted by Gasteiger charge is 2.14. The molecular formula is C15H9ClN2O3. The first-order valence-electron chi connectivity index (χ1n) is 6.07. The predicted molar refractivity (Wildman–Crippen MR) is 77.1 cm³/mol. The van der Waals surface area contributed by atoms with Crippen molar-refractivity contribution in [3.05, 3.63) is 59.1 Å². The van der Waals surface area contributed by atoms with Crippen molar-refractivity contribution in [1.82, 2.24) is 10.2 Å². The summed E-state index contributed by atoms with van der Waals surface area (Å²) in [6.07, 6.45) is 0. The molecule has 0 unspecified atom stereocenters. The van der Waals surface area contributed by atoms with Crippen molar-refractivity contribution < 1.29 is 14.3 Å². The maximum Gasteiger partial charge on any atom is 0.335 e. The number of hydrogen-bond donors (Lipinski definition) is 1. The molecule has 3 aromatic rings. The number of carboxylic acids is 1. The van der Waals surface area contributed by atoms with Gasteiger partial charge in [-0.2, -0.15) is 0 Å². The fraction of sp³-hybridized carbons (Fsp3) is 0. The number of aromatic carboxylic acids is 1. The topological polar surface area (TPSA) is 76.2 Å². The number of carbonyl (C=O) groups is 1. The van der Waals surface area contributed by atoms with Crippen LogP contribution in [0.25, 0.3) is 22.9 Å². The lowest BCUT2D eigenvalue weighted by Gasteiger charge is -1.98. The van der Waals surface area contributed by atoms with Gasteiger partial charge in [0.25, 0.3) is 0 Å². The molecule has 5 nitrogen and oxygen atoms in total. The highest BCUT2D eigenvalue weighted by Crippen LogP contribution is 2.29. The average Bonchev–Trinajstić information content (AvgIpc) is 2.97. The molecule has 1 N–H and O–H groups in total. The van der Waals surface area contributed by atoms with Gasteiger partial charge in [0.1, 0.15) is 0 Å². The van der Waals surface area contributed by atoms with Crippen molar-refractivity contribution in [2.75, 3.05) is 0 Å². The predicted octanol–water partition coefficient (Wildman–Crippen LogP) is 3.76. The first-order chi connectivity index (χ1) is 10.1. The first-order valence-corrected chi connectivity index (χ1v) is 6.45. The molecule has 0 amide bonds. The quantitative estimate of drug-likeness (QED) is 0.797. The highest BCUT2D eigenvalue weighted by atomic mass is 35.5. The van der Waals surface area contributed by atoms with Crippen molar-refractivity contribution in [2.24, 2.45) is 0 Å². The molecule has 2 aromatic carbocycles. The summed E-state index contributed by atoms with van der Waals surface area (Å²) in [6, 6.07) is 13.4. The summed E-state index contributed by atoms with van der Waals surface area (Å²) in [5, 5.41) is 17.4. The van der Waals surface area contributed by atoms with E-state index in [-0.39, 0.29) is 17.3 Å². The van der Waals surface area contributed by atoms with E-state index in [1.54, 1.807) is 30.3 Å². The molecular weight excluding hydrogens is 292 g/mol. The summed E-state index contributed by atoms with van der Waals surface area (Å²) in [6.45, 7) is 0. The van der Waals surface area contributed by atoms with E-state index in [9.17, 15) is 4.79 Å². The largest absolute Gasteiger partial charge is 0.478 e. The lowest BCUT2D eigenvalue weighted by atomic mass is 10.1. The van der Waals surface area contributed by atoms with Crippen molar-refractivity contribution in [3.63, 3.8) is 0 Å². The summed E-state index contributed by atoms with van der Waals surface area (Å²) in [7, 11) is 0. The third kappa shape index (κ3) is 2.64. The molecule has 0 atom stereocenters. The van der Waals surface area contributed by atoms with E-state index in [0.29, 0.717) is 16.1 Å². The van der Waals surface area contributed by atoms with E-state index in [1.165, 1.54) is 12.1 Å². The van der Waals surface area contributed by atoms with Crippen LogP contribution in [0.3, 0.4) is 0 Å². The van der Waals surface area contributed by atoms with Gasteiger partial charge in [0.05, 0.1) is 16.1 Å². The molecule has 21 heavy (non-hydrogen) atoms. The molecule has 0 aliphatic heterocycles. The number of rotatable bonds is 3. The maximum atomic E-state index is 11.0. The Morgan fingerprint density at radius 3 is 2.57 bits per heavy atom. The Labute approximate surface area is 124 Å². The summed E-state index contributed by atoms with van der Waals surface area (Å²) in [5.74, 6) is -0.480. The van der Waals surface area contributed by atoms with Crippen LogP contribution in [0.15, 0.2) is 52.9 Å². The Hall–Kier alpha value is -2.66. The lowest BCUT2D eigenvalue weighted by Crippen LogP contribution is -1.95. The van der Waals surface area contributed by atoms with Gasteiger partial charge < -0.3 is 9.52 Å². The van der Waals surface area contributed by atoms with E-state index in [4.69, 9.17) is 21.1 Å². The number of nitrogens with zero attached hydrogens (tertiary/aromatic N) is 2. The van der Waals surface area contributed by atoms with E-state index >= 15 is 0 Å². The average molecular weight is 301 g/mol. The van der Waals surface area contributed by atoms with Gasteiger partial charge in [0.15, 0.2) is 0 Å². The molecule has 0 radical (unpaired) electrons. The Balaban J connectivity index is 2.01. The van der Waals surface area contributed by atoms with Gasteiger partial charge in [-0.1, -0.05) is 29.8 Å². The van der Waals surface area contributed by atoms with Crippen LogP contribution in [-0.2, 0) is 0 Å². The van der Waals surface area contributed by atoms with E-state index < -0.39 is 5.97 Å². The van der Waals surface area contributed by atoms with E-state index in [1.807, 2.05) is 6.07 Å². The van der Waals surface area contributed by atoms with Crippen LogP contribution in [0.5, 0.6) is 0 Å². The van der Waals surface area contributed by atoms with E-state index in [2.05, 4.69) is 10.2 Å². The Morgan fingerprint density at radius 2 is 1.81 bits per heavy atom. The van der Waals surface area contributed by atoms with Crippen LogP contribution in [0, 0.1) is 0 Å². The lowest BCUT2D eigenvalue weighted by molar-refractivity contribution is 0.0697. The second-order valence-electron chi connectivity index (χ2n) is 4.28. The third-order valence-electron chi connectivity index (χ3n) is 2.89. The molecule has 0 aliphatic carbocycles. The molecule has 6 heteroatoms. The molecule has 0 aliphatic rings. The molecule has 0 saturated heterocycles. The van der Waals surface area contributed by atoms with Gasteiger partial charge in [0.2, 0.25) is 11.8 Å². The SMILES string of the molecule is O=C(O)c1cccc(-c2nnc(-c3ccccc3Cl)o2)c1. The second-order valence-corrected chi connectivity index (χ2v) is 4.69. The fourth-order valence-electron chi connectivity index (χ4n) is 1.87. The molecule has 1 heterocycles. The van der Waals surface area contributed by atoms with E-state index in [0.717, 1.165) is 0 Å². The fourth-order valence-corrected chi connectivity index (χ4v) is 2.09. The van der Waals surface area contributed by atoms with Crippen LogP contribution < -0.4 is 0 Å². The minimum absolute atomic E-state index is 0.157. The van der Waals surface area contributed by atoms with Crippen LogP contribution in [0.4, 0.5) is 0 Å². The summed E-state index contributed by atoms with van der Waals surface area (Å²) < 4.78 is 5.57. The highest BCUT2D eigenvalue weighted by molar-refractivity contribution is 6.33. The van der Waals surface area contributed by atoms with Crippen molar-refractivity contribution >= 4 is 17.6 Å². The van der Waals surface area contributed by atoms with Crippen LogP contribution in [-0.4, -0.2) is 21.3 Å². The molecule has 1 aromatic heterocycles. The van der Waals surface area contributed by atoms with Gasteiger partial charge in [0, 0.05) is 5.56 Å². The number of benzene rings is 2. The Kier molecular flexibility index (Phi) is 3.41. The molecule has 0 saturated carbocycles. The van der Waals surface area contributed by atoms with Crippen LogP contribution in [0.2, 0.25) is 5.02 Å².